The van der Waals surface area contributed by atoms with Crippen LogP contribution in [0.25, 0.3) is 0 Å². The normalized spacial score (nSPS) is 16.8. The Morgan fingerprint density at radius 3 is 2.91 bits per heavy atom. The van der Waals surface area contributed by atoms with Crippen molar-refractivity contribution < 1.29 is 4.79 Å². The van der Waals surface area contributed by atoms with Gasteiger partial charge in [0, 0.05) is 0 Å². The van der Waals surface area contributed by atoms with Gasteiger partial charge in [-0.2, -0.15) is 0 Å². The highest BCUT2D eigenvalue weighted by Gasteiger charge is 2.21. The lowest BCUT2D eigenvalue weighted by molar-refractivity contribution is -0.119. The maximum absolute atomic E-state index is 12.2. The minimum absolute atomic E-state index is 0.0663. The lowest BCUT2D eigenvalue weighted by atomic mass is 9.88. The molecule has 2 aromatic rings. The van der Waals surface area contributed by atoms with E-state index in [1.807, 2.05) is 6.07 Å². The molecule has 0 aliphatic heterocycles. The van der Waals surface area contributed by atoms with Gasteiger partial charge in [-0.25, -0.2) is 0 Å². The van der Waals surface area contributed by atoms with Crippen molar-refractivity contribution in [2.45, 2.75) is 40.9 Å². The van der Waals surface area contributed by atoms with Gasteiger partial charge in [0.1, 0.15) is 0 Å². The molecule has 23 heavy (non-hydrogen) atoms. The lowest BCUT2D eigenvalue weighted by Gasteiger charge is -2.26. The van der Waals surface area contributed by atoms with E-state index in [1.165, 1.54) is 22.9 Å². The summed E-state index contributed by atoms with van der Waals surface area (Å²) < 4.78 is 1.83. The fourth-order valence-electron chi connectivity index (χ4n) is 2.70. The Hall–Kier alpha value is -1.05. The van der Waals surface area contributed by atoms with Gasteiger partial charge < -0.3 is 5.32 Å². The van der Waals surface area contributed by atoms with Gasteiger partial charge in [0.05, 0.1) is 11.8 Å². The van der Waals surface area contributed by atoms with Crippen LogP contribution >= 0.6 is 34.9 Å². The van der Waals surface area contributed by atoms with Crippen LogP contribution < -0.4 is 5.32 Å². The smallest absolute Gasteiger partial charge is 0.230 e. The number of rotatable bonds is 6. The third-order valence-electron chi connectivity index (χ3n) is 3.69. The number of hydrogen-bond acceptors (Lipinski definition) is 6. The van der Waals surface area contributed by atoms with Gasteiger partial charge in [0.15, 0.2) is 8.68 Å². The molecule has 4 nitrogen and oxygen atoms in total. The number of nitrogens with one attached hydrogen (secondary N) is 1. The van der Waals surface area contributed by atoms with E-state index < -0.39 is 0 Å². The number of thioether (sulfide) groups is 2. The van der Waals surface area contributed by atoms with E-state index in [2.05, 4.69) is 40.6 Å². The van der Waals surface area contributed by atoms with Gasteiger partial charge in [0.2, 0.25) is 5.91 Å². The monoisotopic (exact) mass is 365 g/mol. The number of benzene rings is 1. The third kappa shape index (κ3) is 4.49. The second kappa shape index (κ2) is 8.17. The molecule has 3 rings (SSSR count). The summed E-state index contributed by atoms with van der Waals surface area (Å²) in [4.78, 5) is 12.2. The van der Waals surface area contributed by atoms with Crippen LogP contribution in [0.2, 0.25) is 0 Å². The van der Waals surface area contributed by atoms with E-state index in [4.69, 9.17) is 0 Å². The quantitative estimate of drug-likeness (QED) is 0.786. The topological polar surface area (TPSA) is 54.9 Å². The first-order valence-electron chi connectivity index (χ1n) is 7.72. The van der Waals surface area contributed by atoms with Crippen LogP contribution in [-0.4, -0.2) is 27.6 Å². The van der Waals surface area contributed by atoms with Crippen molar-refractivity contribution in [3.63, 3.8) is 0 Å². The number of aryl methyl sites for hydroxylation is 1. The van der Waals surface area contributed by atoms with Crippen molar-refractivity contribution in [2.24, 2.45) is 0 Å². The zero-order chi connectivity index (χ0) is 16.1. The second-order valence-corrected chi connectivity index (χ2v) is 8.98. The molecule has 1 amide bonds. The molecular weight excluding hydrogens is 346 g/mol. The van der Waals surface area contributed by atoms with Crippen LogP contribution in [0, 0.1) is 0 Å². The van der Waals surface area contributed by atoms with Crippen LogP contribution in [0.5, 0.6) is 0 Å². The summed E-state index contributed by atoms with van der Waals surface area (Å²) in [5, 5.41) is 11.4. The number of carbonyl (C=O) groups excluding carboxylic acids is 1. The maximum Gasteiger partial charge on any atom is 0.230 e. The SMILES string of the molecule is CCSc1nnc(SCC(=O)N[C@H]2CCCc3ccccc32)s1. The molecule has 1 aliphatic carbocycles. The van der Waals surface area contributed by atoms with Crippen LogP contribution in [0.1, 0.15) is 36.9 Å². The largest absolute Gasteiger partial charge is 0.349 e. The van der Waals surface area contributed by atoms with E-state index in [1.54, 1.807) is 23.1 Å². The molecule has 7 heteroatoms. The van der Waals surface area contributed by atoms with E-state index in [0.717, 1.165) is 33.7 Å². The Labute approximate surface area is 148 Å². The molecule has 1 N–H and O–H groups in total. The summed E-state index contributed by atoms with van der Waals surface area (Å²) in [5.74, 6) is 1.45. The van der Waals surface area contributed by atoms with Gasteiger partial charge in [-0.15, -0.1) is 10.2 Å². The molecule has 1 heterocycles. The predicted octanol–water partition coefficient (Wildman–Crippen LogP) is 3.94. The van der Waals surface area contributed by atoms with Crippen molar-refractivity contribution >= 4 is 40.8 Å². The van der Waals surface area contributed by atoms with Crippen molar-refractivity contribution in [1.82, 2.24) is 15.5 Å². The third-order valence-corrected chi connectivity index (χ3v) is 6.76. The molecule has 0 saturated heterocycles. The highest BCUT2D eigenvalue weighted by Crippen LogP contribution is 2.31. The number of hydrogen-bond donors (Lipinski definition) is 1. The van der Waals surface area contributed by atoms with E-state index >= 15 is 0 Å². The fraction of sp³-hybridized carbons (Fsp3) is 0.438. The number of amides is 1. The minimum Gasteiger partial charge on any atom is -0.349 e. The van der Waals surface area contributed by atoms with Gasteiger partial charge in [0.25, 0.3) is 0 Å². The standard InChI is InChI=1S/C16H19N3OS3/c1-2-21-15-18-19-16(23-15)22-10-14(20)17-13-9-5-7-11-6-3-4-8-12(11)13/h3-4,6,8,13H,2,5,7,9-10H2,1H3,(H,17,20)/t13-/m0/s1. The first-order valence-corrected chi connectivity index (χ1v) is 10.5. The highest BCUT2D eigenvalue weighted by molar-refractivity contribution is 8.03. The summed E-state index contributed by atoms with van der Waals surface area (Å²) in [6, 6.07) is 8.56. The molecule has 0 unspecified atom stereocenters. The van der Waals surface area contributed by atoms with Gasteiger partial charge in [-0.05, 0) is 36.1 Å². The minimum atomic E-state index is 0.0663. The maximum atomic E-state index is 12.2. The summed E-state index contributed by atoms with van der Waals surface area (Å²) in [5.41, 5.74) is 2.64. The van der Waals surface area contributed by atoms with Gasteiger partial charge in [-0.3, -0.25) is 4.79 Å². The Kier molecular flexibility index (Phi) is 5.96. The zero-order valence-electron chi connectivity index (χ0n) is 12.9. The average molecular weight is 366 g/mol. The van der Waals surface area contributed by atoms with E-state index in [0.29, 0.717) is 5.75 Å². The first kappa shape index (κ1) is 16.8. The van der Waals surface area contributed by atoms with Crippen LogP contribution in [0.15, 0.2) is 32.9 Å². The molecule has 0 radical (unpaired) electrons. The molecule has 0 bridgehead atoms. The number of fused-ring (bicyclic) bond motifs is 1. The Morgan fingerprint density at radius 1 is 1.30 bits per heavy atom. The predicted molar refractivity (Wildman–Crippen MR) is 97.3 cm³/mol. The second-order valence-electron chi connectivity index (χ2n) is 5.27. The molecule has 1 aliphatic rings. The molecule has 1 aromatic carbocycles. The molecule has 0 spiro atoms. The van der Waals surface area contributed by atoms with Crippen molar-refractivity contribution in [3.05, 3.63) is 35.4 Å². The summed E-state index contributed by atoms with van der Waals surface area (Å²) in [7, 11) is 0. The van der Waals surface area contributed by atoms with Gasteiger partial charge in [-0.1, -0.05) is 66.0 Å². The van der Waals surface area contributed by atoms with Crippen molar-refractivity contribution in [1.29, 1.82) is 0 Å². The lowest BCUT2D eigenvalue weighted by Crippen LogP contribution is -2.32. The number of nitrogens with zero attached hydrogens (tertiary/aromatic N) is 2. The Bertz CT molecular complexity index is 674. The zero-order valence-corrected chi connectivity index (χ0v) is 15.4. The molecular formula is C16H19N3OS3. The summed E-state index contributed by atoms with van der Waals surface area (Å²) in [6.07, 6.45) is 3.26. The molecule has 1 atom stereocenters. The van der Waals surface area contributed by atoms with Crippen molar-refractivity contribution in [2.75, 3.05) is 11.5 Å². The Morgan fingerprint density at radius 2 is 2.09 bits per heavy atom. The van der Waals surface area contributed by atoms with Crippen LogP contribution in [-0.2, 0) is 11.2 Å². The number of aromatic nitrogens is 2. The fourth-order valence-corrected chi connectivity index (χ4v) is 5.43. The van der Waals surface area contributed by atoms with Crippen molar-refractivity contribution in [3.8, 4) is 0 Å². The Balaban J connectivity index is 1.53. The first-order chi connectivity index (χ1) is 11.3. The average Bonchev–Trinajstić information content (AvgIpc) is 3.01. The van der Waals surface area contributed by atoms with E-state index in [-0.39, 0.29) is 11.9 Å². The van der Waals surface area contributed by atoms with Gasteiger partial charge >= 0.3 is 0 Å². The summed E-state index contributed by atoms with van der Waals surface area (Å²) >= 11 is 4.70. The molecule has 0 saturated carbocycles. The van der Waals surface area contributed by atoms with E-state index in [9.17, 15) is 4.79 Å². The summed E-state index contributed by atoms with van der Waals surface area (Å²) in [6.45, 7) is 2.09. The molecule has 0 fully saturated rings. The van der Waals surface area contributed by atoms with Crippen LogP contribution in [0.4, 0.5) is 0 Å². The number of carbonyl (C=O) groups is 1. The highest BCUT2D eigenvalue weighted by atomic mass is 32.2. The molecule has 1 aromatic heterocycles. The molecule has 122 valence electrons. The van der Waals surface area contributed by atoms with Crippen LogP contribution in [0.3, 0.4) is 0 Å².